The van der Waals surface area contributed by atoms with Crippen LogP contribution in [0.25, 0.3) is 0 Å². The Hall–Kier alpha value is -2.94. The van der Waals surface area contributed by atoms with Gasteiger partial charge in [-0.3, -0.25) is 0 Å². The van der Waals surface area contributed by atoms with Crippen LogP contribution in [0.2, 0.25) is 10.0 Å². The summed E-state index contributed by atoms with van der Waals surface area (Å²) in [7, 11) is 0. The maximum Gasteiger partial charge on any atom is 0.250 e. The van der Waals surface area contributed by atoms with Gasteiger partial charge in [0.15, 0.2) is 0 Å². The molecular weight excluding hydrogens is 437 g/mol. The number of nitrogens with zero attached hydrogens (tertiary/aromatic N) is 5. The van der Waals surface area contributed by atoms with Crippen molar-refractivity contribution in [2.45, 2.75) is 6.92 Å². The number of nitrogens with one attached hydrogen (secondary N) is 2. The van der Waals surface area contributed by atoms with Crippen molar-refractivity contribution in [3.05, 3.63) is 63.6 Å². The molecule has 0 unspecified atom stereocenters. The van der Waals surface area contributed by atoms with Crippen LogP contribution >= 0.6 is 23.2 Å². The molecule has 0 amide bonds. The number of benzene rings is 2. The summed E-state index contributed by atoms with van der Waals surface area (Å²) in [5.74, 6) is 1.28. The van der Waals surface area contributed by atoms with Gasteiger partial charge < -0.3 is 15.0 Å². The number of morpholine rings is 1. The average molecular weight is 458 g/mol. The van der Waals surface area contributed by atoms with E-state index < -0.39 is 0 Å². The molecule has 2 aromatic carbocycles. The standard InChI is InChI=1S/C21H21Cl2N7O/c1-14-2-6-17(7-3-14)25-19-26-20(28-21(27-19)30-8-10-31-11-9-30)29-24-13-15-4-5-16(22)12-18(15)23/h2-7,12-13H,8-11H2,1H3,(H2,25,26,27,28,29)/b24-13-. The van der Waals surface area contributed by atoms with Crippen LogP contribution in [0.15, 0.2) is 47.6 Å². The first kappa shape index (κ1) is 21.3. The second-order valence-electron chi connectivity index (χ2n) is 6.91. The van der Waals surface area contributed by atoms with Crippen LogP contribution in [0.4, 0.5) is 23.5 Å². The van der Waals surface area contributed by atoms with Crippen LogP contribution in [0, 0.1) is 6.92 Å². The van der Waals surface area contributed by atoms with Gasteiger partial charge >= 0.3 is 0 Å². The number of aromatic nitrogens is 3. The third-order valence-corrected chi connectivity index (χ3v) is 5.12. The van der Waals surface area contributed by atoms with Gasteiger partial charge in [0.1, 0.15) is 0 Å². The molecule has 160 valence electrons. The molecule has 2 heterocycles. The number of hydrogen-bond donors (Lipinski definition) is 2. The molecule has 3 aromatic rings. The molecule has 1 aromatic heterocycles. The molecule has 0 radical (unpaired) electrons. The summed E-state index contributed by atoms with van der Waals surface area (Å²) in [6.45, 7) is 4.70. The Morgan fingerprint density at radius 3 is 2.48 bits per heavy atom. The van der Waals surface area contributed by atoms with Crippen LogP contribution in [0.5, 0.6) is 0 Å². The van der Waals surface area contributed by atoms with Crippen molar-refractivity contribution in [1.82, 2.24) is 15.0 Å². The molecule has 31 heavy (non-hydrogen) atoms. The smallest absolute Gasteiger partial charge is 0.250 e. The Balaban J connectivity index is 1.57. The van der Waals surface area contributed by atoms with Gasteiger partial charge in [0, 0.05) is 29.4 Å². The molecule has 0 bridgehead atoms. The Morgan fingerprint density at radius 1 is 1.00 bits per heavy atom. The van der Waals surface area contributed by atoms with Gasteiger partial charge in [-0.05, 0) is 31.2 Å². The highest BCUT2D eigenvalue weighted by Crippen LogP contribution is 2.21. The maximum absolute atomic E-state index is 6.19. The molecule has 1 aliphatic rings. The molecular formula is C21H21Cl2N7O. The van der Waals surface area contributed by atoms with Gasteiger partial charge in [-0.25, -0.2) is 5.43 Å². The highest BCUT2D eigenvalue weighted by atomic mass is 35.5. The molecule has 10 heteroatoms. The highest BCUT2D eigenvalue weighted by Gasteiger charge is 2.16. The first-order chi connectivity index (χ1) is 15.1. The lowest BCUT2D eigenvalue weighted by Crippen LogP contribution is -2.37. The molecule has 0 atom stereocenters. The molecule has 1 fully saturated rings. The minimum atomic E-state index is 0.312. The van der Waals surface area contributed by atoms with Crippen molar-refractivity contribution in [3.8, 4) is 0 Å². The van der Waals surface area contributed by atoms with Crippen molar-refractivity contribution in [1.29, 1.82) is 0 Å². The van der Waals surface area contributed by atoms with E-state index in [1.54, 1.807) is 24.4 Å². The quantitative estimate of drug-likeness (QED) is 0.415. The molecule has 0 saturated carbocycles. The Bertz CT molecular complexity index is 1070. The number of hydrogen-bond acceptors (Lipinski definition) is 8. The average Bonchev–Trinajstić information content (AvgIpc) is 2.77. The van der Waals surface area contributed by atoms with E-state index in [0.717, 1.165) is 11.3 Å². The number of anilines is 4. The Labute approximate surface area is 190 Å². The van der Waals surface area contributed by atoms with E-state index in [9.17, 15) is 0 Å². The van der Waals surface area contributed by atoms with Gasteiger partial charge in [-0.1, -0.05) is 47.0 Å². The zero-order valence-corrected chi connectivity index (χ0v) is 18.4. The third-order valence-electron chi connectivity index (χ3n) is 4.56. The minimum Gasteiger partial charge on any atom is -0.378 e. The molecule has 0 spiro atoms. The summed E-state index contributed by atoms with van der Waals surface area (Å²) in [6, 6.07) is 13.2. The fourth-order valence-corrected chi connectivity index (χ4v) is 3.36. The number of ether oxygens (including phenoxy) is 1. The second-order valence-corrected chi connectivity index (χ2v) is 7.75. The summed E-state index contributed by atoms with van der Waals surface area (Å²) < 4.78 is 5.43. The van der Waals surface area contributed by atoms with Crippen LogP contribution in [-0.2, 0) is 4.74 Å². The lowest BCUT2D eigenvalue weighted by Gasteiger charge is -2.27. The topological polar surface area (TPSA) is 87.6 Å². The van der Waals surface area contributed by atoms with Crippen molar-refractivity contribution in [2.75, 3.05) is 41.9 Å². The van der Waals surface area contributed by atoms with Crippen molar-refractivity contribution in [2.24, 2.45) is 5.10 Å². The first-order valence-electron chi connectivity index (χ1n) is 9.73. The highest BCUT2D eigenvalue weighted by molar-refractivity contribution is 6.36. The maximum atomic E-state index is 6.19. The van der Waals surface area contributed by atoms with E-state index in [1.807, 2.05) is 31.2 Å². The van der Waals surface area contributed by atoms with E-state index in [4.69, 9.17) is 27.9 Å². The summed E-state index contributed by atoms with van der Waals surface area (Å²) in [5.41, 5.74) is 5.64. The summed E-state index contributed by atoms with van der Waals surface area (Å²) in [6.07, 6.45) is 1.59. The summed E-state index contributed by atoms with van der Waals surface area (Å²) >= 11 is 12.1. The monoisotopic (exact) mass is 457 g/mol. The number of aryl methyl sites for hydroxylation is 1. The fourth-order valence-electron chi connectivity index (χ4n) is 2.91. The number of hydrazone groups is 1. The molecule has 1 saturated heterocycles. The lowest BCUT2D eigenvalue weighted by atomic mass is 10.2. The van der Waals surface area contributed by atoms with Crippen molar-refractivity contribution < 1.29 is 4.74 Å². The molecule has 2 N–H and O–H groups in total. The van der Waals surface area contributed by atoms with Crippen LogP contribution in [-0.4, -0.2) is 47.5 Å². The van der Waals surface area contributed by atoms with Gasteiger partial charge in [0.05, 0.1) is 24.5 Å². The number of rotatable bonds is 6. The minimum absolute atomic E-state index is 0.312. The van der Waals surface area contributed by atoms with E-state index in [0.29, 0.717) is 54.2 Å². The summed E-state index contributed by atoms with van der Waals surface area (Å²) in [5, 5.41) is 8.52. The Kier molecular flexibility index (Phi) is 6.81. The predicted molar refractivity (Wildman–Crippen MR) is 125 cm³/mol. The van der Waals surface area contributed by atoms with Crippen molar-refractivity contribution >= 4 is 52.9 Å². The SMILES string of the molecule is Cc1ccc(Nc2nc(N/N=C\c3ccc(Cl)cc3Cl)nc(N3CCOCC3)n2)cc1. The van der Waals surface area contributed by atoms with Crippen LogP contribution in [0.3, 0.4) is 0 Å². The first-order valence-corrected chi connectivity index (χ1v) is 10.5. The third kappa shape index (κ3) is 5.81. The summed E-state index contributed by atoms with van der Waals surface area (Å²) in [4.78, 5) is 15.6. The molecule has 0 aliphatic carbocycles. The molecule has 4 rings (SSSR count). The van der Waals surface area contributed by atoms with E-state index >= 15 is 0 Å². The zero-order valence-electron chi connectivity index (χ0n) is 16.8. The molecule has 8 nitrogen and oxygen atoms in total. The largest absolute Gasteiger partial charge is 0.378 e. The van der Waals surface area contributed by atoms with Gasteiger partial charge in [-0.15, -0.1) is 0 Å². The van der Waals surface area contributed by atoms with E-state index in [-0.39, 0.29) is 0 Å². The van der Waals surface area contributed by atoms with Gasteiger partial charge in [0.2, 0.25) is 17.8 Å². The van der Waals surface area contributed by atoms with Crippen molar-refractivity contribution in [3.63, 3.8) is 0 Å². The van der Waals surface area contributed by atoms with Crippen LogP contribution in [0.1, 0.15) is 11.1 Å². The van der Waals surface area contributed by atoms with E-state index in [2.05, 4.69) is 35.7 Å². The van der Waals surface area contributed by atoms with Crippen LogP contribution < -0.4 is 15.6 Å². The lowest BCUT2D eigenvalue weighted by molar-refractivity contribution is 0.122. The second kappa shape index (κ2) is 9.91. The molecule has 1 aliphatic heterocycles. The fraction of sp³-hybridized carbons (Fsp3) is 0.238. The van der Waals surface area contributed by atoms with Gasteiger partial charge in [0.25, 0.3) is 0 Å². The zero-order chi connectivity index (χ0) is 21.6. The van der Waals surface area contributed by atoms with E-state index in [1.165, 1.54) is 5.56 Å². The Morgan fingerprint density at radius 2 is 1.74 bits per heavy atom. The number of halogens is 2. The predicted octanol–water partition coefficient (Wildman–Crippen LogP) is 4.51. The van der Waals surface area contributed by atoms with Gasteiger partial charge in [-0.2, -0.15) is 20.1 Å². The normalized spacial score (nSPS) is 14.1.